The maximum atomic E-state index is 11.7. The molecule has 1 rings (SSSR count). The molecule has 0 spiro atoms. The number of thiophene rings is 1. The third-order valence-electron chi connectivity index (χ3n) is 3.23. The minimum absolute atomic E-state index is 0.186. The molecule has 0 saturated heterocycles. The van der Waals surface area contributed by atoms with Gasteiger partial charge in [-0.05, 0) is 43.8 Å². The maximum absolute atomic E-state index is 11.7. The van der Waals surface area contributed by atoms with Crippen molar-refractivity contribution >= 4 is 17.3 Å². The van der Waals surface area contributed by atoms with Gasteiger partial charge in [0.25, 0.3) is 0 Å². The van der Waals surface area contributed by atoms with E-state index in [1.807, 2.05) is 17.5 Å². The molecule has 0 bridgehead atoms. The fourth-order valence-corrected chi connectivity index (χ4v) is 2.63. The highest BCUT2D eigenvalue weighted by Gasteiger charge is 2.08. The lowest BCUT2D eigenvalue weighted by molar-refractivity contribution is 0.0493. The molecule has 0 aromatic carbocycles. The fraction of sp³-hybridized carbons (Fsp3) is 0.688. The molecule has 0 atom stereocenters. The first kappa shape index (κ1) is 17.2. The predicted octanol–water partition coefficient (Wildman–Crippen LogP) is 4.20. The van der Waals surface area contributed by atoms with Crippen molar-refractivity contribution in [3.8, 4) is 0 Å². The summed E-state index contributed by atoms with van der Waals surface area (Å²) in [5.41, 5.74) is 0. The van der Waals surface area contributed by atoms with Gasteiger partial charge in [-0.1, -0.05) is 32.8 Å². The first-order valence-corrected chi connectivity index (χ1v) is 8.58. The molecule has 4 heteroatoms. The summed E-state index contributed by atoms with van der Waals surface area (Å²) in [6.45, 7) is 8.32. The number of esters is 1. The van der Waals surface area contributed by atoms with E-state index < -0.39 is 0 Å². The Labute approximate surface area is 126 Å². The van der Waals surface area contributed by atoms with Crippen molar-refractivity contribution in [1.29, 1.82) is 0 Å². The second kappa shape index (κ2) is 10.9. The highest BCUT2D eigenvalue weighted by atomic mass is 32.1. The third kappa shape index (κ3) is 7.06. The lowest BCUT2D eigenvalue weighted by atomic mass is 10.2. The topological polar surface area (TPSA) is 29.5 Å². The molecule has 0 N–H and O–H groups in total. The second-order valence-electron chi connectivity index (χ2n) is 5.02. The Morgan fingerprint density at radius 3 is 2.35 bits per heavy atom. The average Bonchev–Trinajstić information content (AvgIpc) is 2.99. The van der Waals surface area contributed by atoms with E-state index in [1.165, 1.54) is 37.0 Å². The molecule has 1 heterocycles. The van der Waals surface area contributed by atoms with E-state index in [9.17, 15) is 4.79 Å². The van der Waals surface area contributed by atoms with Crippen molar-refractivity contribution in [3.05, 3.63) is 22.4 Å². The van der Waals surface area contributed by atoms with Crippen molar-refractivity contribution in [2.45, 2.75) is 46.0 Å². The standard InChI is InChI=1S/C16H27NO2S/c1-3-5-10-17(11-6-4-2)12-8-13-19-16(18)15-9-7-14-20-15/h7,9,14H,3-6,8,10-13H2,1-2H3. The monoisotopic (exact) mass is 297 g/mol. The van der Waals surface area contributed by atoms with Crippen LogP contribution in [0.25, 0.3) is 0 Å². The fourth-order valence-electron chi connectivity index (χ4n) is 2.02. The van der Waals surface area contributed by atoms with E-state index in [0.29, 0.717) is 11.5 Å². The molecule has 0 aliphatic heterocycles. The molecule has 114 valence electrons. The average molecular weight is 297 g/mol. The summed E-state index contributed by atoms with van der Waals surface area (Å²) in [7, 11) is 0. The number of nitrogens with zero attached hydrogens (tertiary/aromatic N) is 1. The molecule has 1 aromatic heterocycles. The molecule has 0 unspecified atom stereocenters. The van der Waals surface area contributed by atoms with Crippen LogP contribution in [0.1, 0.15) is 55.6 Å². The van der Waals surface area contributed by atoms with Crippen molar-refractivity contribution in [2.24, 2.45) is 0 Å². The summed E-state index contributed by atoms with van der Waals surface area (Å²) in [5, 5.41) is 1.90. The molecular weight excluding hydrogens is 270 g/mol. The van der Waals surface area contributed by atoms with Gasteiger partial charge in [0.2, 0.25) is 0 Å². The minimum atomic E-state index is -0.186. The van der Waals surface area contributed by atoms with Crippen LogP contribution in [0.3, 0.4) is 0 Å². The van der Waals surface area contributed by atoms with E-state index in [1.54, 1.807) is 0 Å². The number of hydrogen-bond acceptors (Lipinski definition) is 4. The lowest BCUT2D eigenvalue weighted by Gasteiger charge is -2.21. The molecule has 0 aliphatic carbocycles. The van der Waals surface area contributed by atoms with Gasteiger partial charge in [-0.25, -0.2) is 4.79 Å². The Kier molecular flexibility index (Phi) is 9.33. The van der Waals surface area contributed by atoms with Gasteiger partial charge in [0.15, 0.2) is 0 Å². The van der Waals surface area contributed by atoms with Crippen LogP contribution < -0.4 is 0 Å². The summed E-state index contributed by atoms with van der Waals surface area (Å²) < 4.78 is 5.29. The van der Waals surface area contributed by atoms with Crippen molar-refractivity contribution in [3.63, 3.8) is 0 Å². The number of unbranched alkanes of at least 4 members (excludes halogenated alkanes) is 2. The largest absolute Gasteiger partial charge is 0.461 e. The summed E-state index contributed by atoms with van der Waals surface area (Å²) in [6.07, 6.45) is 5.88. The Hall–Kier alpha value is -0.870. The smallest absolute Gasteiger partial charge is 0.348 e. The summed E-state index contributed by atoms with van der Waals surface area (Å²) >= 11 is 1.43. The van der Waals surface area contributed by atoms with Gasteiger partial charge in [0, 0.05) is 6.54 Å². The highest BCUT2D eigenvalue weighted by molar-refractivity contribution is 7.11. The molecular formula is C16H27NO2S. The predicted molar refractivity (Wildman–Crippen MR) is 85.5 cm³/mol. The molecule has 3 nitrogen and oxygen atoms in total. The van der Waals surface area contributed by atoms with Crippen LogP contribution in [-0.4, -0.2) is 37.1 Å². The van der Waals surface area contributed by atoms with Crippen LogP contribution in [0.4, 0.5) is 0 Å². The van der Waals surface area contributed by atoms with Gasteiger partial charge in [0.1, 0.15) is 4.88 Å². The molecule has 0 aliphatic rings. The normalized spacial score (nSPS) is 10.9. The van der Waals surface area contributed by atoms with E-state index in [2.05, 4.69) is 18.7 Å². The molecule has 0 amide bonds. The van der Waals surface area contributed by atoms with E-state index in [-0.39, 0.29) is 5.97 Å². The van der Waals surface area contributed by atoms with Gasteiger partial charge in [-0.2, -0.15) is 0 Å². The summed E-state index contributed by atoms with van der Waals surface area (Å²) in [4.78, 5) is 14.9. The van der Waals surface area contributed by atoms with Crippen molar-refractivity contribution < 1.29 is 9.53 Å². The Balaban J connectivity index is 2.17. The van der Waals surface area contributed by atoms with Crippen LogP contribution in [0.15, 0.2) is 17.5 Å². The third-order valence-corrected chi connectivity index (χ3v) is 4.08. The number of ether oxygens (including phenoxy) is 1. The second-order valence-corrected chi connectivity index (χ2v) is 5.96. The molecule has 0 fully saturated rings. The SMILES string of the molecule is CCCCN(CCCC)CCCOC(=O)c1cccs1. The first-order chi connectivity index (χ1) is 9.77. The molecule has 0 saturated carbocycles. The number of rotatable bonds is 11. The zero-order chi connectivity index (χ0) is 14.6. The Bertz CT molecular complexity index is 343. The Morgan fingerprint density at radius 1 is 1.15 bits per heavy atom. The highest BCUT2D eigenvalue weighted by Crippen LogP contribution is 2.10. The van der Waals surface area contributed by atoms with Crippen LogP contribution >= 0.6 is 11.3 Å². The zero-order valence-corrected chi connectivity index (χ0v) is 13.6. The molecule has 0 radical (unpaired) electrons. The van der Waals surface area contributed by atoms with E-state index >= 15 is 0 Å². The number of carbonyl (C=O) groups excluding carboxylic acids is 1. The van der Waals surface area contributed by atoms with E-state index in [0.717, 1.165) is 26.1 Å². The quantitative estimate of drug-likeness (QED) is 0.453. The minimum Gasteiger partial charge on any atom is -0.461 e. The van der Waals surface area contributed by atoms with Gasteiger partial charge in [0.05, 0.1) is 6.61 Å². The lowest BCUT2D eigenvalue weighted by Crippen LogP contribution is -2.28. The maximum Gasteiger partial charge on any atom is 0.348 e. The summed E-state index contributed by atoms with van der Waals surface area (Å²) in [5.74, 6) is -0.186. The zero-order valence-electron chi connectivity index (χ0n) is 12.8. The number of hydrogen-bond donors (Lipinski definition) is 0. The molecule has 1 aromatic rings. The Morgan fingerprint density at radius 2 is 1.80 bits per heavy atom. The van der Waals surface area contributed by atoms with Crippen LogP contribution in [-0.2, 0) is 4.74 Å². The summed E-state index contributed by atoms with van der Waals surface area (Å²) in [6, 6.07) is 3.68. The van der Waals surface area contributed by atoms with E-state index in [4.69, 9.17) is 4.74 Å². The first-order valence-electron chi connectivity index (χ1n) is 7.70. The van der Waals surface area contributed by atoms with Crippen LogP contribution in [0.5, 0.6) is 0 Å². The van der Waals surface area contributed by atoms with Crippen LogP contribution in [0, 0.1) is 0 Å². The van der Waals surface area contributed by atoms with Crippen molar-refractivity contribution in [2.75, 3.05) is 26.2 Å². The van der Waals surface area contributed by atoms with Gasteiger partial charge >= 0.3 is 5.97 Å². The molecule has 20 heavy (non-hydrogen) atoms. The van der Waals surface area contributed by atoms with Crippen LogP contribution in [0.2, 0.25) is 0 Å². The van der Waals surface area contributed by atoms with Gasteiger partial charge in [-0.15, -0.1) is 11.3 Å². The number of carbonyl (C=O) groups is 1. The van der Waals surface area contributed by atoms with Gasteiger partial charge in [-0.3, -0.25) is 0 Å². The van der Waals surface area contributed by atoms with Crippen molar-refractivity contribution in [1.82, 2.24) is 4.90 Å². The van der Waals surface area contributed by atoms with Gasteiger partial charge < -0.3 is 9.64 Å².